The van der Waals surface area contributed by atoms with Gasteiger partial charge in [0.2, 0.25) is 0 Å². The van der Waals surface area contributed by atoms with E-state index in [-0.39, 0.29) is 0 Å². The molecule has 0 spiro atoms. The summed E-state index contributed by atoms with van der Waals surface area (Å²) in [4.78, 5) is 2.34. The number of rotatable bonds is 4. The van der Waals surface area contributed by atoms with Gasteiger partial charge in [-0.05, 0) is 13.0 Å². The third kappa shape index (κ3) is 2.49. The maximum absolute atomic E-state index is 5.75. The normalized spacial score (nSPS) is 17.5. The van der Waals surface area contributed by atoms with Crippen LogP contribution in [0.4, 0.5) is 0 Å². The van der Waals surface area contributed by atoms with Crippen molar-refractivity contribution < 1.29 is 4.74 Å². The van der Waals surface area contributed by atoms with Gasteiger partial charge in [0.1, 0.15) is 5.75 Å². The molecule has 3 heteroatoms. The van der Waals surface area contributed by atoms with Crippen LogP contribution in [0, 0.1) is 0 Å². The molecule has 0 radical (unpaired) electrons. The fourth-order valence-electron chi connectivity index (χ4n) is 1.91. The average molecular weight is 206 g/mol. The third-order valence-corrected chi connectivity index (χ3v) is 2.65. The lowest BCUT2D eigenvalue weighted by molar-refractivity contribution is 0.140. The second kappa shape index (κ2) is 4.64. The monoisotopic (exact) mass is 206 g/mol. The fourth-order valence-corrected chi connectivity index (χ4v) is 1.91. The van der Waals surface area contributed by atoms with Gasteiger partial charge < -0.3 is 10.5 Å². The van der Waals surface area contributed by atoms with E-state index in [0.717, 1.165) is 32.0 Å². The van der Waals surface area contributed by atoms with Crippen LogP contribution in [0.5, 0.6) is 5.75 Å². The number of nitrogens with two attached hydrogens (primary N) is 1. The summed E-state index contributed by atoms with van der Waals surface area (Å²) in [5, 5.41) is 0. The quantitative estimate of drug-likeness (QED) is 0.805. The average Bonchev–Trinajstić information content (AvgIpc) is 2.19. The van der Waals surface area contributed by atoms with Crippen LogP contribution in [0.15, 0.2) is 24.3 Å². The molecule has 0 unspecified atom stereocenters. The summed E-state index contributed by atoms with van der Waals surface area (Å²) in [5.74, 6) is 1.00. The molecular formula is C12H18N2O. The molecule has 1 aliphatic heterocycles. The Kier molecular flexibility index (Phi) is 3.23. The van der Waals surface area contributed by atoms with Gasteiger partial charge >= 0.3 is 0 Å². The molecule has 0 aliphatic carbocycles. The topological polar surface area (TPSA) is 38.5 Å². The first kappa shape index (κ1) is 10.5. The first-order valence-electron chi connectivity index (χ1n) is 5.48. The van der Waals surface area contributed by atoms with Crippen molar-refractivity contribution in [1.82, 2.24) is 4.90 Å². The molecule has 0 saturated carbocycles. The summed E-state index contributed by atoms with van der Waals surface area (Å²) in [6.07, 6.45) is 0. The van der Waals surface area contributed by atoms with Gasteiger partial charge in [-0.15, -0.1) is 0 Å². The van der Waals surface area contributed by atoms with Gasteiger partial charge in [0.25, 0.3) is 0 Å². The molecule has 0 amide bonds. The van der Waals surface area contributed by atoms with Crippen molar-refractivity contribution >= 4 is 0 Å². The minimum atomic E-state index is 0.365. The lowest BCUT2D eigenvalue weighted by Gasteiger charge is -2.37. The van der Waals surface area contributed by atoms with E-state index in [1.165, 1.54) is 5.56 Å². The Balaban J connectivity index is 2.00. The zero-order chi connectivity index (χ0) is 10.7. The molecular weight excluding hydrogens is 188 g/mol. The van der Waals surface area contributed by atoms with Crippen LogP contribution in [0.25, 0.3) is 0 Å². The summed E-state index contributed by atoms with van der Waals surface area (Å²) in [5.41, 5.74) is 7.00. The van der Waals surface area contributed by atoms with Crippen molar-refractivity contribution in [1.29, 1.82) is 0 Å². The van der Waals surface area contributed by atoms with Gasteiger partial charge in [-0.1, -0.05) is 18.2 Å². The fraction of sp³-hybridized carbons (Fsp3) is 0.500. The predicted octanol–water partition coefficient (Wildman–Crippen LogP) is 1.23. The largest absolute Gasteiger partial charge is 0.494 e. The molecule has 2 rings (SSSR count). The molecule has 82 valence electrons. The molecule has 0 bridgehead atoms. The summed E-state index contributed by atoms with van der Waals surface area (Å²) in [6, 6.07) is 8.57. The van der Waals surface area contributed by atoms with Crippen LogP contribution in [0.2, 0.25) is 0 Å². The number of hydrogen-bond donors (Lipinski definition) is 1. The van der Waals surface area contributed by atoms with Gasteiger partial charge in [0.05, 0.1) is 6.61 Å². The van der Waals surface area contributed by atoms with E-state index in [1.54, 1.807) is 0 Å². The smallest absolute Gasteiger partial charge is 0.123 e. The molecule has 0 aromatic heterocycles. The predicted molar refractivity (Wildman–Crippen MR) is 60.9 cm³/mol. The Bertz CT molecular complexity index is 321. The third-order valence-electron chi connectivity index (χ3n) is 2.65. The number of likely N-dealkylation sites (tertiary alicyclic amines) is 1. The maximum atomic E-state index is 5.75. The van der Waals surface area contributed by atoms with Gasteiger partial charge in [0, 0.05) is 31.2 Å². The van der Waals surface area contributed by atoms with Crippen molar-refractivity contribution in [3.8, 4) is 5.75 Å². The van der Waals surface area contributed by atoms with Crippen LogP contribution in [0.3, 0.4) is 0 Å². The summed E-state index contributed by atoms with van der Waals surface area (Å²) in [7, 11) is 0. The summed E-state index contributed by atoms with van der Waals surface area (Å²) < 4.78 is 5.58. The van der Waals surface area contributed by atoms with E-state index < -0.39 is 0 Å². The Hall–Kier alpha value is -1.06. The number of ether oxygens (including phenoxy) is 1. The van der Waals surface area contributed by atoms with Crippen LogP contribution in [0.1, 0.15) is 12.5 Å². The van der Waals surface area contributed by atoms with Crippen LogP contribution in [-0.4, -0.2) is 30.6 Å². The molecule has 3 nitrogen and oxygen atoms in total. The van der Waals surface area contributed by atoms with Crippen molar-refractivity contribution in [2.45, 2.75) is 19.5 Å². The van der Waals surface area contributed by atoms with E-state index in [9.17, 15) is 0 Å². The molecule has 1 heterocycles. The van der Waals surface area contributed by atoms with Crippen molar-refractivity contribution in [2.75, 3.05) is 19.7 Å². The molecule has 0 atom stereocenters. The van der Waals surface area contributed by atoms with Crippen molar-refractivity contribution in [2.24, 2.45) is 5.73 Å². The number of para-hydroxylation sites is 1. The highest BCUT2D eigenvalue weighted by atomic mass is 16.5. The second-order valence-electron chi connectivity index (χ2n) is 3.99. The summed E-state index contributed by atoms with van der Waals surface area (Å²) in [6.45, 7) is 5.68. The van der Waals surface area contributed by atoms with E-state index in [2.05, 4.69) is 17.0 Å². The van der Waals surface area contributed by atoms with E-state index in [0.29, 0.717) is 6.04 Å². The zero-order valence-electron chi connectivity index (χ0n) is 9.15. The molecule has 15 heavy (non-hydrogen) atoms. The summed E-state index contributed by atoms with van der Waals surface area (Å²) >= 11 is 0. The lowest BCUT2D eigenvalue weighted by atomic mass is 10.1. The molecule has 1 aromatic carbocycles. The van der Waals surface area contributed by atoms with Gasteiger partial charge in [-0.3, -0.25) is 4.90 Å². The minimum Gasteiger partial charge on any atom is -0.494 e. The lowest BCUT2D eigenvalue weighted by Crippen LogP contribution is -2.54. The van der Waals surface area contributed by atoms with Crippen LogP contribution >= 0.6 is 0 Å². The Morgan fingerprint density at radius 2 is 2.13 bits per heavy atom. The molecule has 1 saturated heterocycles. The number of hydrogen-bond acceptors (Lipinski definition) is 3. The number of nitrogens with zero attached hydrogens (tertiary/aromatic N) is 1. The van der Waals surface area contributed by atoms with Crippen LogP contribution in [-0.2, 0) is 6.54 Å². The molecule has 1 aromatic rings. The van der Waals surface area contributed by atoms with Gasteiger partial charge in [-0.25, -0.2) is 0 Å². The molecule has 1 fully saturated rings. The Labute approximate surface area is 90.8 Å². The zero-order valence-corrected chi connectivity index (χ0v) is 9.15. The first-order chi connectivity index (χ1) is 7.29. The highest BCUT2D eigenvalue weighted by Gasteiger charge is 2.23. The van der Waals surface area contributed by atoms with E-state index in [4.69, 9.17) is 10.5 Å². The van der Waals surface area contributed by atoms with E-state index in [1.807, 2.05) is 19.1 Å². The van der Waals surface area contributed by atoms with E-state index >= 15 is 0 Å². The maximum Gasteiger partial charge on any atom is 0.123 e. The molecule has 2 N–H and O–H groups in total. The minimum absolute atomic E-state index is 0.365. The Morgan fingerprint density at radius 3 is 2.80 bits per heavy atom. The van der Waals surface area contributed by atoms with Crippen LogP contribution < -0.4 is 10.5 Å². The first-order valence-corrected chi connectivity index (χ1v) is 5.48. The second-order valence-corrected chi connectivity index (χ2v) is 3.99. The van der Waals surface area contributed by atoms with Crippen molar-refractivity contribution in [3.63, 3.8) is 0 Å². The standard InChI is InChI=1S/C12H18N2O/c1-2-15-12-6-4-3-5-10(12)7-14-8-11(13)9-14/h3-6,11H,2,7-9,13H2,1H3. The van der Waals surface area contributed by atoms with Gasteiger partial charge in [-0.2, -0.15) is 0 Å². The highest BCUT2D eigenvalue weighted by molar-refractivity contribution is 5.33. The van der Waals surface area contributed by atoms with Crippen molar-refractivity contribution in [3.05, 3.63) is 29.8 Å². The number of benzene rings is 1. The highest BCUT2D eigenvalue weighted by Crippen LogP contribution is 2.21. The Morgan fingerprint density at radius 1 is 1.40 bits per heavy atom. The molecule has 1 aliphatic rings. The van der Waals surface area contributed by atoms with Gasteiger partial charge in [0.15, 0.2) is 0 Å². The SMILES string of the molecule is CCOc1ccccc1CN1CC(N)C1.